The number of nitrogens with zero attached hydrogens (tertiary/aromatic N) is 3. The highest BCUT2D eigenvalue weighted by molar-refractivity contribution is 6.06. The van der Waals surface area contributed by atoms with E-state index < -0.39 is 0 Å². The number of aromatic nitrogens is 3. The normalized spacial score (nSPS) is 10.3. The Morgan fingerprint density at radius 3 is 2.38 bits per heavy atom. The highest BCUT2D eigenvalue weighted by Crippen LogP contribution is 2.13. The van der Waals surface area contributed by atoms with Crippen LogP contribution in [0.5, 0.6) is 0 Å². The third-order valence-electron chi connectivity index (χ3n) is 3.67. The molecule has 1 aromatic carbocycles. The van der Waals surface area contributed by atoms with Gasteiger partial charge in [-0.2, -0.15) is 5.10 Å². The van der Waals surface area contributed by atoms with Crippen LogP contribution in [-0.4, -0.2) is 26.6 Å². The minimum Gasteiger partial charge on any atom is -0.322 e. The number of hydrogen-bond donors (Lipinski definition) is 2. The number of aryl methyl sites for hydroxylation is 1. The number of rotatable bonds is 6. The van der Waals surface area contributed by atoms with Crippen molar-refractivity contribution in [3.8, 4) is 0 Å². The molecule has 0 unspecified atom stereocenters. The van der Waals surface area contributed by atoms with Crippen LogP contribution in [0.3, 0.4) is 0 Å². The summed E-state index contributed by atoms with van der Waals surface area (Å²) in [4.78, 5) is 28.4. The number of hydrogen-bond acceptors (Lipinski definition) is 4. The smallest absolute Gasteiger partial charge is 0.258 e. The van der Waals surface area contributed by atoms with Crippen LogP contribution in [0.15, 0.2) is 61.2 Å². The molecule has 0 radical (unpaired) electrons. The van der Waals surface area contributed by atoms with Crippen molar-refractivity contribution in [3.63, 3.8) is 0 Å². The number of nitrogens with one attached hydrogen (secondary N) is 2. The summed E-state index contributed by atoms with van der Waals surface area (Å²) in [5, 5.41) is 9.70. The second kappa shape index (κ2) is 8.06. The number of carbonyl (C=O) groups excluding carboxylic acids is 2. The SMILES string of the molecule is CCCn1cc(C(=O)Nc2ccc(C(=O)Nc3cccnc3)cc2)cn1. The van der Waals surface area contributed by atoms with Gasteiger partial charge in [0.1, 0.15) is 0 Å². The molecule has 3 rings (SSSR count). The van der Waals surface area contributed by atoms with E-state index in [2.05, 4.69) is 20.7 Å². The average molecular weight is 349 g/mol. The molecular formula is C19H19N5O2. The molecule has 0 aliphatic rings. The predicted octanol–water partition coefficient (Wildman–Crippen LogP) is 3.19. The molecule has 0 fully saturated rings. The molecule has 2 aromatic heterocycles. The van der Waals surface area contributed by atoms with Crippen LogP contribution >= 0.6 is 0 Å². The molecule has 26 heavy (non-hydrogen) atoms. The van der Waals surface area contributed by atoms with Crippen molar-refractivity contribution in [1.29, 1.82) is 0 Å². The highest BCUT2D eigenvalue weighted by Gasteiger charge is 2.10. The molecule has 0 bridgehead atoms. The molecule has 7 heteroatoms. The van der Waals surface area contributed by atoms with Crippen LogP contribution in [0.25, 0.3) is 0 Å². The van der Waals surface area contributed by atoms with Gasteiger partial charge in [0, 0.05) is 30.2 Å². The summed E-state index contributed by atoms with van der Waals surface area (Å²) >= 11 is 0. The molecule has 2 amide bonds. The van der Waals surface area contributed by atoms with E-state index in [9.17, 15) is 9.59 Å². The summed E-state index contributed by atoms with van der Waals surface area (Å²) in [7, 11) is 0. The first-order valence-electron chi connectivity index (χ1n) is 8.31. The Morgan fingerprint density at radius 1 is 0.962 bits per heavy atom. The summed E-state index contributed by atoms with van der Waals surface area (Å²) in [6, 6.07) is 10.2. The number of amides is 2. The Kier molecular flexibility index (Phi) is 5.38. The molecule has 2 heterocycles. The Hall–Kier alpha value is -3.48. The zero-order chi connectivity index (χ0) is 18.4. The van der Waals surface area contributed by atoms with E-state index >= 15 is 0 Å². The Labute approximate surface area is 151 Å². The summed E-state index contributed by atoms with van der Waals surface area (Å²) in [6.07, 6.45) is 7.42. The summed E-state index contributed by atoms with van der Waals surface area (Å²) in [6.45, 7) is 2.82. The molecule has 2 N–H and O–H groups in total. The Balaban J connectivity index is 1.61. The van der Waals surface area contributed by atoms with Crippen molar-refractivity contribution in [2.24, 2.45) is 0 Å². The standard InChI is InChI=1S/C19H19N5O2/c1-2-10-24-13-15(11-21-24)19(26)22-16-7-5-14(6-8-16)18(25)23-17-4-3-9-20-12-17/h3-9,11-13H,2,10H2,1H3,(H,22,26)(H,23,25). The van der Waals surface area contributed by atoms with Gasteiger partial charge in [0.05, 0.1) is 23.6 Å². The van der Waals surface area contributed by atoms with E-state index in [0.717, 1.165) is 13.0 Å². The van der Waals surface area contributed by atoms with Crippen molar-refractivity contribution in [3.05, 3.63) is 72.3 Å². The lowest BCUT2D eigenvalue weighted by Gasteiger charge is -2.07. The van der Waals surface area contributed by atoms with Gasteiger partial charge >= 0.3 is 0 Å². The lowest BCUT2D eigenvalue weighted by atomic mass is 10.2. The zero-order valence-electron chi connectivity index (χ0n) is 14.3. The first-order chi connectivity index (χ1) is 12.7. The lowest BCUT2D eigenvalue weighted by molar-refractivity contribution is 0.102. The zero-order valence-corrected chi connectivity index (χ0v) is 14.3. The van der Waals surface area contributed by atoms with Gasteiger partial charge in [-0.1, -0.05) is 6.92 Å². The lowest BCUT2D eigenvalue weighted by Crippen LogP contribution is -2.13. The summed E-state index contributed by atoms with van der Waals surface area (Å²) in [5.41, 5.74) is 2.22. The molecular weight excluding hydrogens is 330 g/mol. The molecule has 132 valence electrons. The van der Waals surface area contributed by atoms with Gasteiger partial charge in [-0.05, 0) is 42.8 Å². The van der Waals surface area contributed by atoms with Crippen molar-refractivity contribution in [2.75, 3.05) is 10.6 Å². The largest absolute Gasteiger partial charge is 0.322 e. The van der Waals surface area contributed by atoms with Gasteiger partial charge in [0.15, 0.2) is 0 Å². The first-order valence-corrected chi connectivity index (χ1v) is 8.31. The number of carbonyl (C=O) groups is 2. The maximum Gasteiger partial charge on any atom is 0.258 e. The van der Waals surface area contributed by atoms with Gasteiger partial charge in [0.25, 0.3) is 11.8 Å². The van der Waals surface area contributed by atoms with Gasteiger partial charge in [0.2, 0.25) is 0 Å². The van der Waals surface area contributed by atoms with Crippen LogP contribution < -0.4 is 10.6 Å². The highest BCUT2D eigenvalue weighted by atomic mass is 16.2. The average Bonchev–Trinajstić information content (AvgIpc) is 3.12. The number of benzene rings is 1. The van der Waals surface area contributed by atoms with Crippen molar-refractivity contribution in [2.45, 2.75) is 19.9 Å². The summed E-state index contributed by atoms with van der Waals surface area (Å²) in [5.74, 6) is -0.475. The van der Waals surface area contributed by atoms with E-state index in [1.54, 1.807) is 65.9 Å². The first kappa shape index (κ1) is 17.3. The fourth-order valence-corrected chi connectivity index (χ4v) is 2.38. The second-order valence-electron chi connectivity index (χ2n) is 5.72. The number of anilines is 2. The maximum absolute atomic E-state index is 12.2. The van der Waals surface area contributed by atoms with Crippen LogP contribution in [0.2, 0.25) is 0 Å². The third-order valence-corrected chi connectivity index (χ3v) is 3.67. The van der Waals surface area contributed by atoms with Gasteiger partial charge in [-0.3, -0.25) is 19.3 Å². The van der Waals surface area contributed by atoms with Gasteiger partial charge < -0.3 is 10.6 Å². The fourth-order valence-electron chi connectivity index (χ4n) is 2.38. The van der Waals surface area contributed by atoms with Crippen LogP contribution in [-0.2, 0) is 6.54 Å². The predicted molar refractivity (Wildman–Crippen MR) is 99.1 cm³/mol. The van der Waals surface area contributed by atoms with E-state index in [-0.39, 0.29) is 11.8 Å². The van der Waals surface area contributed by atoms with Crippen LogP contribution in [0, 0.1) is 0 Å². The van der Waals surface area contributed by atoms with Crippen molar-refractivity contribution >= 4 is 23.2 Å². The molecule has 0 saturated carbocycles. The monoisotopic (exact) mass is 349 g/mol. The Bertz CT molecular complexity index is 888. The minimum atomic E-state index is -0.239. The summed E-state index contributed by atoms with van der Waals surface area (Å²) < 4.78 is 1.74. The quantitative estimate of drug-likeness (QED) is 0.715. The minimum absolute atomic E-state index is 0.236. The molecule has 0 atom stereocenters. The molecule has 0 saturated heterocycles. The topological polar surface area (TPSA) is 88.9 Å². The maximum atomic E-state index is 12.2. The van der Waals surface area contributed by atoms with Crippen LogP contribution in [0.4, 0.5) is 11.4 Å². The molecule has 0 aliphatic carbocycles. The van der Waals surface area contributed by atoms with Gasteiger partial charge in [-0.15, -0.1) is 0 Å². The second-order valence-corrected chi connectivity index (χ2v) is 5.72. The van der Waals surface area contributed by atoms with Gasteiger partial charge in [-0.25, -0.2) is 0 Å². The fraction of sp³-hybridized carbons (Fsp3) is 0.158. The molecule has 3 aromatic rings. The van der Waals surface area contributed by atoms with E-state index in [1.165, 1.54) is 0 Å². The van der Waals surface area contributed by atoms with E-state index in [1.807, 2.05) is 6.92 Å². The molecule has 0 spiro atoms. The number of pyridine rings is 1. The van der Waals surface area contributed by atoms with E-state index in [0.29, 0.717) is 22.5 Å². The molecule has 0 aliphatic heterocycles. The van der Waals surface area contributed by atoms with Crippen molar-refractivity contribution < 1.29 is 9.59 Å². The molecule has 7 nitrogen and oxygen atoms in total. The van der Waals surface area contributed by atoms with E-state index in [4.69, 9.17) is 0 Å². The Morgan fingerprint density at radius 2 is 1.69 bits per heavy atom. The van der Waals surface area contributed by atoms with Crippen molar-refractivity contribution in [1.82, 2.24) is 14.8 Å². The third kappa shape index (κ3) is 4.32. The van der Waals surface area contributed by atoms with Crippen LogP contribution in [0.1, 0.15) is 34.1 Å².